The third-order valence-electron chi connectivity index (χ3n) is 2.81. The molecule has 0 fully saturated rings. The van der Waals surface area contributed by atoms with Crippen molar-refractivity contribution in [1.82, 2.24) is 4.90 Å². The molecule has 2 rings (SSSR count). The molecule has 90 valence electrons. The number of amides is 1. The first-order valence-electron chi connectivity index (χ1n) is 5.30. The maximum absolute atomic E-state index is 12.0. The first-order valence-corrected chi connectivity index (χ1v) is 5.30. The van der Waals surface area contributed by atoms with Gasteiger partial charge in [0.2, 0.25) is 0 Å². The minimum absolute atomic E-state index is 0.226. The van der Waals surface area contributed by atoms with Crippen LogP contribution in [0.25, 0.3) is 0 Å². The molecule has 5 nitrogen and oxygen atoms in total. The predicted molar refractivity (Wildman–Crippen MR) is 60.2 cm³/mol. The van der Waals surface area contributed by atoms with Crippen LogP contribution in [0, 0.1) is 0 Å². The van der Waals surface area contributed by atoms with Gasteiger partial charge in [0.25, 0.3) is 5.91 Å². The average molecular weight is 235 g/mol. The Balaban J connectivity index is 2.27. The van der Waals surface area contributed by atoms with Crippen LogP contribution in [0.4, 0.5) is 0 Å². The van der Waals surface area contributed by atoms with Gasteiger partial charge in [-0.05, 0) is 30.2 Å². The van der Waals surface area contributed by atoms with Gasteiger partial charge in [0, 0.05) is 12.1 Å². The van der Waals surface area contributed by atoms with Crippen LogP contribution in [0.2, 0.25) is 0 Å². The van der Waals surface area contributed by atoms with Crippen LogP contribution in [-0.2, 0) is 11.2 Å². The quantitative estimate of drug-likeness (QED) is 0.840. The van der Waals surface area contributed by atoms with Gasteiger partial charge in [-0.25, -0.2) is 0 Å². The summed E-state index contributed by atoms with van der Waals surface area (Å²) in [5.74, 6) is -0.505. The molecular weight excluding hydrogens is 222 g/mol. The fraction of sp³-hybridized carbons (Fsp3) is 0.333. The van der Waals surface area contributed by atoms with E-state index in [1.165, 1.54) is 4.90 Å². The van der Waals surface area contributed by atoms with Gasteiger partial charge in [0.05, 0.1) is 7.11 Å². The number of ether oxygens (including phenoxy) is 1. The third kappa shape index (κ3) is 2.22. The zero-order valence-corrected chi connectivity index (χ0v) is 9.47. The van der Waals surface area contributed by atoms with E-state index in [1.54, 1.807) is 19.2 Å². The minimum atomic E-state index is -0.990. The van der Waals surface area contributed by atoms with Crippen molar-refractivity contribution in [2.24, 2.45) is 0 Å². The number of carbonyl (C=O) groups excluding carboxylic acids is 1. The highest BCUT2D eigenvalue weighted by Crippen LogP contribution is 2.23. The molecule has 0 spiro atoms. The van der Waals surface area contributed by atoms with Crippen molar-refractivity contribution in [3.8, 4) is 5.75 Å². The maximum Gasteiger partial charge on any atom is 0.323 e. The number of rotatable bonds is 3. The maximum atomic E-state index is 12.0. The lowest BCUT2D eigenvalue weighted by atomic mass is 9.99. The highest BCUT2D eigenvalue weighted by atomic mass is 16.5. The molecule has 0 saturated carbocycles. The molecule has 1 heterocycles. The van der Waals surface area contributed by atoms with Crippen LogP contribution in [0.3, 0.4) is 0 Å². The zero-order chi connectivity index (χ0) is 12.4. The normalized spacial score (nSPS) is 14.4. The van der Waals surface area contributed by atoms with Gasteiger partial charge in [0.15, 0.2) is 0 Å². The number of fused-ring (bicyclic) bond motifs is 1. The molecule has 1 N–H and O–H groups in total. The molecule has 17 heavy (non-hydrogen) atoms. The average Bonchev–Trinajstić information content (AvgIpc) is 2.32. The highest BCUT2D eigenvalue weighted by Gasteiger charge is 2.25. The molecular formula is C12H13NO4. The van der Waals surface area contributed by atoms with Crippen molar-refractivity contribution >= 4 is 11.9 Å². The molecule has 0 bridgehead atoms. The Morgan fingerprint density at radius 3 is 2.94 bits per heavy atom. The predicted octanol–water partition coefficient (Wildman–Crippen LogP) is 0.778. The Kier molecular flexibility index (Phi) is 2.99. The summed E-state index contributed by atoms with van der Waals surface area (Å²) in [4.78, 5) is 23.9. The number of benzene rings is 1. The van der Waals surface area contributed by atoms with Crippen LogP contribution in [0.15, 0.2) is 18.2 Å². The second kappa shape index (κ2) is 4.45. The summed E-state index contributed by atoms with van der Waals surface area (Å²) in [6.07, 6.45) is 0.658. The minimum Gasteiger partial charge on any atom is -0.497 e. The first-order chi connectivity index (χ1) is 8.11. The van der Waals surface area contributed by atoms with Crippen LogP contribution in [0.1, 0.15) is 15.9 Å². The number of carboxylic acid groups (broad SMARTS) is 1. The summed E-state index contributed by atoms with van der Waals surface area (Å²) in [5.41, 5.74) is 1.48. The SMILES string of the molecule is COc1ccc2c(c1)CCN(CC(=O)O)C2=O. The molecule has 0 radical (unpaired) electrons. The number of hydrogen-bond donors (Lipinski definition) is 1. The van der Waals surface area contributed by atoms with Gasteiger partial charge in [-0.3, -0.25) is 9.59 Å². The highest BCUT2D eigenvalue weighted by molar-refractivity contribution is 5.98. The van der Waals surface area contributed by atoms with E-state index in [-0.39, 0.29) is 12.5 Å². The molecule has 1 aromatic carbocycles. The standard InChI is InChI=1S/C12H13NO4/c1-17-9-2-3-10-8(6-9)4-5-13(12(10)16)7-11(14)15/h2-3,6H,4-5,7H2,1H3,(H,14,15). The van der Waals surface area contributed by atoms with E-state index in [0.717, 1.165) is 5.56 Å². The number of carboxylic acids is 1. The Morgan fingerprint density at radius 2 is 2.29 bits per heavy atom. The fourth-order valence-electron chi connectivity index (χ4n) is 1.95. The van der Waals surface area contributed by atoms with E-state index in [4.69, 9.17) is 9.84 Å². The smallest absolute Gasteiger partial charge is 0.323 e. The number of nitrogens with zero attached hydrogens (tertiary/aromatic N) is 1. The molecule has 5 heteroatoms. The molecule has 0 aliphatic carbocycles. The summed E-state index contributed by atoms with van der Waals surface area (Å²) in [6, 6.07) is 5.22. The molecule has 1 amide bonds. The molecule has 0 aromatic heterocycles. The number of aliphatic carboxylic acids is 1. The lowest BCUT2D eigenvalue weighted by Crippen LogP contribution is -2.40. The summed E-state index contributed by atoms with van der Waals surface area (Å²) in [7, 11) is 1.57. The first kappa shape index (κ1) is 11.4. The summed E-state index contributed by atoms with van der Waals surface area (Å²) >= 11 is 0. The lowest BCUT2D eigenvalue weighted by Gasteiger charge is -2.27. The molecule has 0 unspecified atom stereocenters. The van der Waals surface area contributed by atoms with Crippen molar-refractivity contribution in [3.05, 3.63) is 29.3 Å². The van der Waals surface area contributed by atoms with Gasteiger partial charge in [0.1, 0.15) is 12.3 Å². The number of hydrogen-bond acceptors (Lipinski definition) is 3. The summed E-state index contributed by atoms with van der Waals surface area (Å²) < 4.78 is 5.09. The van der Waals surface area contributed by atoms with E-state index >= 15 is 0 Å². The molecule has 1 aliphatic rings. The number of carbonyl (C=O) groups is 2. The van der Waals surface area contributed by atoms with Crippen LogP contribution >= 0.6 is 0 Å². The van der Waals surface area contributed by atoms with Gasteiger partial charge in [-0.15, -0.1) is 0 Å². The van der Waals surface area contributed by atoms with Crippen LogP contribution < -0.4 is 4.74 Å². The second-order valence-electron chi connectivity index (χ2n) is 3.89. The van der Waals surface area contributed by atoms with E-state index in [0.29, 0.717) is 24.3 Å². The monoisotopic (exact) mass is 235 g/mol. The Labute approximate surface area is 98.6 Å². The van der Waals surface area contributed by atoms with Crippen molar-refractivity contribution in [1.29, 1.82) is 0 Å². The van der Waals surface area contributed by atoms with E-state index < -0.39 is 5.97 Å². The molecule has 1 aromatic rings. The topological polar surface area (TPSA) is 66.8 Å². The number of methoxy groups -OCH3 is 1. The van der Waals surface area contributed by atoms with E-state index in [1.807, 2.05) is 6.07 Å². The van der Waals surface area contributed by atoms with Gasteiger partial charge in [-0.1, -0.05) is 0 Å². The molecule has 1 aliphatic heterocycles. The van der Waals surface area contributed by atoms with E-state index in [9.17, 15) is 9.59 Å². The fourth-order valence-corrected chi connectivity index (χ4v) is 1.95. The largest absolute Gasteiger partial charge is 0.497 e. The van der Waals surface area contributed by atoms with Crippen molar-refractivity contribution in [2.75, 3.05) is 20.2 Å². The van der Waals surface area contributed by atoms with Gasteiger partial charge in [-0.2, -0.15) is 0 Å². The van der Waals surface area contributed by atoms with Gasteiger partial charge < -0.3 is 14.7 Å². The van der Waals surface area contributed by atoms with Crippen LogP contribution in [0.5, 0.6) is 5.75 Å². The Bertz CT molecular complexity index is 470. The second-order valence-corrected chi connectivity index (χ2v) is 3.89. The van der Waals surface area contributed by atoms with Crippen LogP contribution in [-0.4, -0.2) is 42.1 Å². The zero-order valence-electron chi connectivity index (χ0n) is 9.47. The van der Waals surface area contributed by atoms with E-state index in [2.05, 4.69) is 0 Å². The molecule has 0 saturated heterocycles. The van der Waals surface area contributed by atoms with Crippen molar-refractivity contribution < 1.29 is 19.4 Å². The summed E-state index contributed by atoms with van der Waals surface area (Å²) in [6.45, 7) is 0.190. The van der Waals surface area contributed by atoms with Crippen molar-refractivity contribution in [2.45, 2.75) is 6.42 Å². The third-order valence-corrected chi connectivity index (χ3v) is 2.81. The van der Waals surface area contributed by atoms with Gasteiger partial charge >= 0.3 is 5.97 Å². The van der Waals surface area contributed by atoms with Crippen molar-refractivity contribution in [3.63, 3.8) is 0 Å². The molecule has 0 atom stereocenters. The Morgan fingerprint density at radius 1 is 1.53 bits per heavy atom. The Hall–Kier alpha value is -2.04. The lowest BCUT2D eigenvalue weighted by molar-refractivity contribution is -0.137. The summed E-state index contributed by atoms with van der Waals surface area (Å²) in [5, 5.41) is 8.70.